The van der Waals surface area contributed by atoms with E-state index in [1.165, 1.54) is 0 Å². The van der Waals surface area contributed by atoms with Gasteiger partial charge in [-0.3, -0.25) is 9.78 Å². The molecule has 1 amide bonds. The van der Waals surface area contributed by atoms with Gasteiger partial charge in [-0.2, -0.15) is 0 Å². The Bertz CT molecular complexity index is 726. The van der Waals surface area contributed by atoms with Crippen LogP contribution in [0.5, 0.6) is 0 Å². The summed E-state index contributed by atoms with van der Waals surface area (Å²) >= 11 is 0. The van der Waals surface area contributed by atoms with Crippen LogP contribution in [0.1, 0.15) is 10.4 Å². The zero-order valence-corrected chi connectivity index (χ0v) is 10.2. The molecule has 0 aliphatic rings. The molecule has 0 bridgehead atoms. The summed E-state index contributed by atoms with van der Waals surface area (Å²) in [5.41, 5.74) is 3.38. The number of amides is 1. The van der Waals surface area contributed by atoms with E-state index in [-0.39, 0.29) is 5.91 Å². The van der Waals surface area contributed by atoms with E-state index in [0.717, 1.165) is 10.8 Å². The first-order valence-electron chi connectivity index (χ1n) is 5.94. The van der Waals surface area contributed by atoms with Crippen molar-refractivity contribution in [3.8, 4) is 0 Å². The summed E-state index contributed by atoms with van der Waals surface area (Å²) < 4.78 is 1.66. The summed E-state index contributed by atoms with van der Waals surface area (Å²) in [6.07, 6.45) is 6.90. The third-order valence-electron chi connectivity index (χ3n) is 2.86. The van der Waals surface area contributed by atoms with Crippen molar-refractivity contribution in [1.82, 2.24) is 4.98 Å². The average molecular weight is 250 g/mol. The highest BCUT2D eigenvalue weighted by Crippen LogP contribution is 2.09. The highest BCUT2D eigenvalue weighted by Gasteiger charge is 2.10. The number of aromatic nitrogens is 2. The summed E-state index contributed by atoms with van der Waals surface area (Å²) in [5.74, 6) is -0.164. The molecule has 19 heavy (non-hydrogen) atoms. The van der Waals surface area contributed by atoms with Crippen molar-refractivity contribution >= 4 is 16.7 Å². The molecule has 3 rings (SSSR count). The van der Waals surface area contributed by atoms with Crippen molar-refractivity contribution in [3.63, 3.8) is 0 Å². The van der Waals surface area contributed by atoms with Crippen molar-refractivity contribution in [3.05, 3.63) is 72.8 Å². The number of hydrogen-bond donors (Lipinski definition) is 1. The summed E-state index contributed by atoms with van der Waals surface area (Å²) in [7, 11) is 0. The molecule has 0 atom stereocenters. The number of carbonyl (C=O) groups excluding carboxylic acids is 1. The van der Waals surface area contributed by atoms with E-state index in [0.29, 0.717) is 5.56 Å². The first-order valence-corrected chi connectivity index (χ1v) is 5.94. The third-order valence-corrected chi connectivity index (χ3v) is 2.86. The van der Waals surface area contributed by atoms with Crippen molar-refractivity contribution in [1.29, 1.82) is 0 Å². The number of hydrogen-bond acceptors (Lipinski definition) is 2. The molecular formula is C15H12N3O+. The van der Waals surface area contributed by atoms with Crippen LogP contribution in [0, 0.1) is 0 Å². The predicted octanol–water partition coefficient (Wildman–Crippen LogP) is 1.91. The number of carbonyl (C=O) groups is 1. The van der Waals surface area contributed by atoms with Crippen molar-refractivity contribution in [2.75, 3.05) is 5.43 Å². The van der Waals surface area contributed by atoms with Crippen LogP contribution >= 0.6 is 0 Å². The molecule has 92 valence electrons. The van der Waals surface area contributed by atoms with Crippen LogP contribution in [0.3, 0.4) is 0 Å². The lowest BCUT2D eigenvalue weighted by Gasteiger charge is -2.00. The molecule has 1 aromatic carbocycles. The van der Waals surface area contributed by atoms with E-state index in [2.05, 4.69) is 10.4 Å². The fourth-order valence-corrected chi connectivity index (χ4v) is 1.89. The molecule has 3 aromatic rings. The van der Waals surface area contributed by atoms with E-state index in [1.54, 1.807) is 29.2 Å². The van der Waals surface area contributed by atoms with E-state index >= 15 is 0 Å². The van der Waals surface area contributed by atoms with Gasteiger partial charge in [-0.25, -0.2) is 0 Å². The second-order valence-electron chi connectivity index (χ2n) is 4.16. The second kappa shape index (κ2) is 4.86. The van der Waals surface area contributed by atoms with Crippen LogP contribution in [0.2, 0.25) is 0 Å². The Kier molecular flexibility index (Phi) is 2.90. The van der Waals surface area contributed by atoms with Gasteiger partial charge in [0.2, 0.25) is 12.4 Å². The number of rotatable bonds is 2. The molecule has 4 nitrogen and oxygen atoms in total. The quantitative estimate of drug-likeness (QED) is 0.706. The van der Waals surface area contributed by atoms with Gasteiger partial charge in [0.15, 0.2) is 0 Å². The summed E-state index contributed by atoms with van der Waals surface area (Å²) in [6, 6.07) is 13.3. The van der Waals surface area contributed by atoms with E-state index in [4.69, 9.17) is 0 Å². The van der Waals surface area contributed by atoms with Gasteiger partial charge < -0.3 is 0 Å². The molecule has 0 saturated carbocycles. The molecule has 1 N–H and O–H groups in total. The third kappa shape index (κ3) is 2.42. The smallest absolute Gasteiger partial charge is 0.265 e. The van der Waals surface area contributed by atoms with Crippen LogP contribution in [0.4, 0.5) is 0 Å². The van der Waals surface area contributed by atoms with Crippen molar-refractivity contribution < 1.29 is 9.47 Å². The van der Waals surface area contributed by atoms with Crippen LogP contribution in [0.15, 0.2) is 67.3 Å². The first-order chi connectivity index (χ1) is 9.33. The number of pyridine rings is 2. The Hall–Kier alpha value is -2.75. The topological polar surface area (TPSA) is 45.9 Å². The molecule has 4 heteroatoms. The molecule has 0 unspecified atom stereocenters. The van der Waals surface area contributed by atoms with Gasteiger partial charge in [-0.1, -0.05) is 22.9 Å². The Morgan fingerprint density at radius 2 is 1.74 bits per heavy atom. The van der Waals surface area contributed by atoms with Gasteiger partial charge in [0.25, 0.3) is 0 Å². The maximum absolute atomic E-state index is 12.0. The Balaban J connectivity index is 1.87. The zero-order valence-electron chi connectivity index (χ0n) is 10.2. The van der Waals surface area contributed by atoms with Gasteiger partial charge in [-0.15, -0.1) is 5.43 Å². The zero-order chi connectivity index (χ0) is 13.1. The van der Waals surface area contributed by atoms with E-state index < -0.39 is 0 Å². The maximum atomic E-state index is 12.0. The average Bonchev–Trinajstić information content (AvgIpc) is 2.48. The molecule has 2 aromatic heterocycles. The number of benzene rings is 1. The second-order valence-corrected chi connectivity index (χ2v) is 4.16. The minimum absolute atomic E-state index is 0.164. The molecule has 0 fully saturated rings. The first kappa shape index (κ1) is 11.3. The van der Waals surface area contributed by atoms with Gasteiger partial charge in [0.05, 0.1) is 0 Å². The highest BCUT2D eigenvalue weighted by molar-refractivity contribution is 5.98. The Morgan fingerprint density at radius 1 is 1.00 bits per heavy atom. The lowest BCUT2D eigenvalue weighted by atomic mass is 10.2. The minimum atomic E-state index is -0.164. The largest absolute Gasteiger partial charge is 0.305 e. The number of nitrogens with one attached hydrogen (secondary N) is 1. The fourth-order valence-electron chi connectivity index (χ4n) is 1.89. The molecular weight excluding hydrogens is 238 g/mol. The lowest BCUT2D eigenvalue weighted by molar-refractivity contribution is -0.639. The van der Waals surface area contributed by atoms with Gasteiger partial charge >= 0.3 is 5.91 Å². The Morgan fingerprint density at radius 3 is 2.53 bits per heavy atom. The molecule has 0 saturated heterocycles. The van der Waals surface area contributed by atoms with Crippen molar-refractivity contribution in [2.24, 2.45) is 0 Å². The normalized spacial score (nSPS) is 10.3. The number of nitrogens with zero attached hydrogens (tertiary/aromatic N) is 2. The fraction of sp³-hybridized carbons (Fsp3) is 0. The molecule has 0 radical (unpaired) electrons. The van der Waals surface area contributed by atoms with E-state index in [9.17, 15) is 4.79 Å². The standard InChI is InChI=1S/C15H11N3O/c19-15(13-5-8-16-9-6-13)17-18-10-7-12-3-1-2-4-14(12)11-18/h1-11H/p+1. The lowest BCUT2D eigenvalue weighted by Crippen LogP contribution is -2.47. The molecule has 0 aliphatic carbocycles. The summed E-state index contributed by atoms with van der Waals surface area (Å²) in [4.78, 5) is 15.9. The predicted molar refractivity (Wildman–Crippen MR) is 72.1 cm³/mol. The van der Waals surface area contributed by atoms with Gasteiger partial charge in [-0.05, 0) is 23.6 Å². The highest BCUT2D eigenvalue weighted by atomic mass is 16.2. The summed E-state index contributed by atoms with van der Waals surface area (Å²) in [6.45, 7) is 0. The number of fused-ring (bicyclic) bond motifs is 1. The van der Waals surface area contributed by atoms with Crippen LogP contribution in [-0.4, -0.2) is 10.9 Å². The van der Waals surface area contributed by atoms with Crippen molar-refractivity contribution in [2.45, 2.75) is 0 Å². The van der Waals surface area contributed by atoms with Crippen LogP contribution < -0.4 is 10.1 Å². The molecule has 0 spiro atoms. The van der Waals surface area contributed by atoms with Crippen LogP contribution in [-0.2, 0) is 0 Å². The van der Waals surface area contributed by atoms with Gasteiger partial charge in [0, 0.05) is 29.4 Å². The minimum Gasteiger partial charge on any atom is -0.265 e. The van der Waals surface area contributed by atoms with Gasteiger partial charge in [0.1, 0.15) is 0 Å². The molecule has 2 heterocycles. The summed E-state index contributed by atoms with van der Waals surface area (Å²) in [5, 5.41) is 2.21. The Labute approximate surface area is 110 Å². The van der Waals surface area contributed by atoms with Crippen LogP contribution in [0.25, 0.3) is 10.8 Å². The van der Waals surface area contributed by atoms with E-state index in [1.807, 2.05) is 42.7 Å². The molecule has 0 aliphatic heterocycles. The maximum Gasteiger partial charge on any atom is 0.305 e. The SMILES string of the molecule is O=C(N[n+]1ccc2ccccc2c1)c1ccncc1. The monoisotopic (exact) mass is 250 g/mol.